The number of carbonyl (C=O) groups excluding carboxylic acids is 1. The number of aromatic nitrogens is 1. The van der Waals surface area contributed by atoms with Gasteiger partial charge < -0.3 is 15.0 Å². The van der Waals surface area contributed by atoms with E-state index in [1.807, 2.05) is 56.3 Å². The number of para-hydroxylation sites is 1. The standard InChI is InChI=1S/C22H24N2O2/c1-15-20(18-11-7-8-12-19(18)26-3)21(22(23)25)16(2)24(15)14-13-17-9-5-4-6-10-17/h4-12H,13-14H2,1-3H3,(H2,23,25). The fourth-order valence-electron chi connectivity index (χ4n) is 3.59. The maximum Gasteiger partial charge on any atom is 0.251 e. The van der Waals surface area contributed by atoms with Crippen LogP contribution in [0.2, 0.25) is 0 Å². The van der Waals surface area contributed by atoms with Gasteiger partial charge in [0.1, 0.15) is 5.75 Å². The second kappa shape index (κ2) is 7.48. The Morgan fingerprint density at radius 3 is 2.31 bits per heavy atom. The smallest absolute Gasteiger partial charge is 0.251 e. The minimum atomic E-state index is -0.412. The van der Waals surface area contributed by atoms with Crippen LogP contribution in [0.15, 0.2) is 54.6 Å². The van der Waals surface area contributed by atoms with E-state index >= 15 is 0 Å². The van der Waals surface area contributed by atoms with Crippen LogP contribution in [0, 0.1) is 13.8 Å². The molecular weight excluding hydrogens is 324 g/mol. The molecule has 26 heavy (non-hydrogen) atoms. The molecule has 3 aromatic rings. The average molecular weight is 348 g/mol. The third kappa shape index (κ3) is 3.23. The van der Waals surface area contributed by atoms with Gasteiger partial charge >= 0.3 is 0 Å². The zero-order valence-electron chi connectivity index (χ0n) is 15.5. The van der Waals surface area contributed by atoms with Gasteiger partial charge in [-0.2, -0.15) is 0 Å². The fourth-order valence-corrected chi connectivity index (χ4v) is 3.59. The van der Waals surface area contributed by atoms with Gasteiger partial charge in [0.15, 0.2) is 0 Å². The van der Waals surface area contributed by atoms with Gasteiger partial charge in [0.05, 0.1) is 12.7 Å². The van der Waals surface area contributed by atoms with Gasteiger partial charge in [-0.15, -0.1) is 0 Å². The van der Waals surface area contributed by atoms with Crippen LogP contribution in [0.1, 0.15) is 27.3 Å². The van der Waals surface area contributed by atoms with Crippen LogP contribution in [0.5, 0.6) is 5.75 Å². The molecule has 1 aromatic heterocycles. The first-order chi connectivity index (χ1) is 12.5. The highest BCUT2D eigenvalue weighted by Crippen LogP contribution is 2.37. The summed E-state index contributed by atoms with van der Waals surface area (Å²) in [5, 5.41) is 0. The summed E-state index contributed by atoms with van der Waals surface area (Å²) >= 11 is 0. The van der Waals surface area contributed by atoms with E-state index in [4.69, 9.17) is 10.5 Å². The molecule has 0 spiro atoms. The summed E-state index contributed by atoms with van der Waals surface area (Å²) < 4.78 is 7.68. The van der Waals surface area contributed by atoms with E-state index < -0.39 is 5.91 Å². The number of hydrogen-bond donors (Lipinski definition) is 1. The molecule has 0 aliphatic rings. The van der Waals surface area contributed by atoms with Crippen molar-refractivity contribution in [2.75, 3.05) is 7.11 Å². The normalized spacial score (nSPS) is 10.7. The van der Waals surface area contributed by atoms with Gasteiger partial charge in [-0.25, -0.2) is 0 Å². The van der Waals surface area contributed by atoms with Crippen molar-refractivity contribution in [1.29, 1.82) is 0 Å². The first kappa shape index (κ1) is 17.8. The third-order valence-corrected chi connectivity index (χ3v) is 4.87. The molecule has 4 nitrogen and oxygen atoms in total. The summed E-state index contributed by atoms with van der Waals surface area (Å²) in [5.41, 5.74) is 11.2. The zero-order chi connectivity index (χ0) is 18.7. The SMILES string of the molecule is COc1ccccc1-c1c(C(N)=O)c(C)n(CCc2ccccc2)c1C. The van der Waals surface area contributed by atoms with Crippen molar-refractivity contribution in [3.63, 3.8) is 0 Å². The molecule has 0 fully saturated rings. The molecule has 0 atom stereocenters. The molecule has 1 amide bonds. The lowest BCUT2D eigenvalue weighted by atomic mass is 9.99. The lowest BCUT2D eigenvalue weighted by Crippen LogP contribution is -2.14. The Bertz CT molecular complexity index is 927. The molecule has 0 unspecified atom stereocenters. The number of amides is 1. The molecule has 2 N–H and O–H groups in total. The lowest BCUT2D eigenvalue weighted by Gasteiger charge is -2.11. The number of hydrogen-bond acceptors (Lipinski definition) is 2. The number of aryl methyl sites for hydroxylation is 1. The highest BCUT2D eigenvalue weighted by molar-refractivity contribution is 6.02. The number of nitrogens with zero attached hydrogens (tertiary/aromatic N) is 1. The molecular formula is C22H24N2O2. The van der Waals surface area contributed by atoms with Gasteiger partial charge in [0, 0.05) is 29.1 Å². The fraction of sp³-hybridized carbons (Fsp3) is 0.227. The van der Waals surface area contributed by atoms with Crippen LogP contribution >= 0.6 is 0 Å². The molecule has 1 heterocycles. The highest BCUT2D eigenvalue weighted by atomic mass is 16.5. The lowest BCUT2D eigenvalue weighted by molar-refractivity contribution is 0.1000. The second-order valence-electron chi connectivity index (χ2n) is 6.37. The Labute approximate surface area is 154 Å². The summed E-state index contributed by atoms with van der Waals surface area (Å²) in [6, 6.07) is 18.1. The van der Waals surface area contributed by atoms with Crippen molar-refractivity contribution >= 4 is 5.91 Å². The van der Waals surface area contributed by atoms with Gasteiger partial charge in [-0.3, -0.25) is 4.79 Å². The minimum absolute atomic E-state index is 0.412. The average Bonchev–Trinajstić information content (AvgIpc) is 2.91. The summed E-state index contributed by atoms with van der Waals surface area (Å²) in [6.07, 6.45) is 0.890. The molecule has 134 valence electrons. The maximum absolute atomic E-state index is 12.2. The number of ether oxygens (including phenoxy) is 1. The van der Waals surface area contributed by atoms with Crippen LogP contribution in [0.4, 0.5) is 0 Å². The summed E-state index contributed by atoms with van der Waals surface area (Å²) in [6.45, 7) is 4.78. The third-order valence-electron chi connectivity index (χ3n) is 4.87. The van der Waals surface area contributed by atoms with E-state index in [2.05, 4.69) is 16.7 Å². The van der Waals surface area contributed by atoms with Crippen LogP contribution in [0.3, 0.4) is 0 Å². The molecule has 2 aromatic carbocycles. The predicted octanol–water partition coefficient (Wildman–Crippen LogP) is 4.12. The van der Waals surface area contributed by atoms with Crippen molar-refractivity contribution in [1.82, 2.24) is 4.57 Å². The van der Waals surface area contributed by atoms with Gasteiger partial charge in [0.25, 0.3) is 5.91 Å². The van der Waals surface area contributed by atoms with Gasteiger partial charge in [0.2, 0.25) is 0 Å². The number of nitrogens with two attached hydrogens (primary N) is 1. The predicted molar refractivity (Wildman–Crippen MR) is 105 cm³/mol. The largest absolute Gasteiger partial charge is 0.496 e. The molecule has 3 rings (SSSR count). The molecule has 0 aliphatic heterocycles. The van der Waals surface area contributed by atoms with Crippen LogP contribution in [-0.2, 0) is 13.0 Å². The highest BCUT2D eigenvalue weighted by Gasteiger charge is 2.24. The molecule has 0 saturated heterocycles. The molecule has 0 radical (unpaired) electrons. The van der Waals surface area contributed by atoms with Crippen molar-refractivity contribution in [3.8, 4) is 16.9 Å². The van der Waals surface area contributed by atoms with Crippen molar-refractivity contribution in [3.05, 3.63) is 77.1 Å². The van der Waals surface area contributed by atoms with Crippen molar-refractivity contribution in [2.45, 2.75) is 26.8 Å². The summed E-state index contributed by atoms with van der Waals surface area (Å²) in [7, 11) is 1.64. The first-order valence-electron chi connectivity index (χ1n) is 8.71. The summed E-state index contributed by atoms with van der Waals surface area (Å²) in [4.78, 5) is 12.2. The van der Waals surface area contributed by atoms with E-state index in [1.165, 1.54) is 5.56 Å². The Morgan fingerprint density at radius 2 is 1.65 bits per heavy atom. The maximum atomic E-state index is 12.2. The van der Waals surface area contributed by atoms with E-state index in [-0.39, 0.29) is 0 Å². The number of carbonyl (C=O) groups is 1. The van der Waals surface area contributed by atoms with E-state index in [0.29, 0.717) is 5.56 Å². The molecule has 0 aliphatic carbocycles. The number of methoxy groups -OCH3 is 1. The minimum Gasteiger partial charge on any atom is -0.496 e. The monoisotopic (exact) mass is 348 g/mol. The summed E-state index contributed by atoms with van der Waals surface area (Å²) in [5.74, 6) is 0.322. The Balaban J connectivity index is 2.09. The second-order valence-corrected chi connectivity index (χ2v) is 6.37. The zero-order valence-corrected chi connectivity index (χ0v) is 15.5. The number of primary amides is 1. The van der Waals surface area contributed by atoms with E-state index in [1.54, 1.807) is 7.11 Å². The quantitative estimate of drug-likeness (QED) is 0.728. The van der Waals surface area contributed by atoms with Crippen molar-refractivity contribution in [2.24, 2.45) is 5.73 Å². The van der Waals surface area contributed by atoms with Crippen LogP contribution < -0.4 is 10.5 Å². The van der Waals surface area contributed by atoms with E-state index in [9.17, 15) is 4.79 Å². The van der Waals surface area contributed by atoms with E-state index in [0.717, 1.165) is 41.2 Å². The molecule has 0 saturated carbocycles. The Kier molecular flexibility index (Phi) is 5.12. The number of rotatable bonds is 6. The number of benzene rings is 2. The van der Waals surface area contributed by atoms with Crippen molar-refractivity contribution < 1.29 is 9.53 Å². The van der Waals surface area contributed by atoms with Crippen LogP contribution in [0.25, 0.3) is 11.1 Å². The van der Waals surface area contributed by atoms with Gasteiger partial charge in [-0.1, -0.05) is 48.5 Å². The molecule has 4 heteroatoms. The Hall–Kier alpha value is -3.01. The van der Waals surface area contributed by atoms with Crippen LogP contribution in [-0.4, -0.2) is 17.6 Å². The topological polar surface area (TPSA) is 57.2 Å². The molecule has 0 bridgehead atoms. The van der Waals surface area contributed by atoms with Gasteiger partial charge in [-0.05, 0) is 31.9 Å². The Morgan fingerprint density at radius 1 is 1.00 bits per heavy atom. The first-order valence-corrected chi connectivity index (χ1v) is 8.71.